The lowest BCUT2D eigenvalue weighted by Crippen LogP contribution is -2.46. The Kier molecular flexibility index (Phi) is 8.18. The molecule has 0 radical (unpaired) electrons. The lowest BCUT2D eigenvalue weighted by molar-refractivity contribution is -0.104. The molecule has 0 aliphatic carbocycles. The van der Waals surface area contributed by atoms with Crippen LogP contribution >= 0.6 is 11.6 Å². The minimum absolute atomic E-state index is 0.137. The fourth-order valence-electron chi connectivity index (χ4n) is 4.35. The number of hydrogen-bond acceptors (Lipinski definition) is 5. The van der Waals surface area contributed by atoms with Crippen molar-refractivity contribution < 1.29 is 23.4 Å². The van der Waals surface area contributed by atoms with Gasteiger partial charge in [0.1, 0.15) is 23.3 Å². The monoisotopic (exact) mass is 585 g/mol. The van der Waals surface area contributed by atoms with Gasteiger partial charge < -0.3 is 24.6 Å². The van der Waals surface area contributed by atoms with E-state index in [1.54, 1.807) is 24.3 Å². The predicted octanol–water partition coefficient (Wildman–Crippen LogP) is 8.54. The summed E-state index contributed by atoms with van der Waals surface area (Å²) in [6.07, 6.45) is 2.29. The van der Waals surface area contributed by atoms with Gasteiger partial charge in [-0.25, -0.2) is 23.5 Å². The second-order valence-corrected chi connectivity index (χ2v) is 12.2. The van der Waals surface area contributed by atoms with Gasteiger partial charge in [-0.3, -0.25) is 0 Å². The summed E-state index contributed by atoms with van der Waals surface area (Å²) in [6.45, 7) is 10.7. The smallest absolute Gasteiger partial charge is 0.407 e. The highest BCUT2D eigenvalue weighted by atomic mass is 35.5. The number of nitrogens with one attached hydrogen (secondary N) is 1. The Morgan fingerprint density at radius 2 is 1.80 bits per heavy atom. The molecule has 0 saturated heterocycles. The van der Waals surface area contributed by atoms with Gasteiger partial charge in [-0.1, -0.05) is 44.5 Å². The number of anilines is 2. The van der Waals surface area contributed by atoms with Gasteiger partial charge in [0.05, 0.1) is 10.5 Å². The van der Waals surface area contributed by atoms with Crippen LogP contribution in [0.1, 0.15) is 47.1 Å². The van der Waals surface area contributed by atoms with Gasteiger partial charge in [-0.05, 0) is 57.2 Å². The van der Waals surface area contributed by atoms with Crippen molar-refractivity contribution in [2.45, 2.75) is 59.5 Å². The molecule has 2 aromatic carbocycles. The molecule has 2 aromatic heterocycles. The Morgan fingerprint density at radius 3 is 2.44 bits per heavy atom. The summed E-state index contributed by atoms with van der Waals surface area (Å²) < 4.78 is 37.5. The zero-order valence-corrected chi connectivity index (χ0v) is 24.6. The van der Waals surface area contributed by atoms with Crippen molar-refractivity contribution >= 4 is 40.2 Å². The van der Waals surface area contributed by atoms with Crippen LogP contribution in [0.3, 0.4) is 0 Å². The summed E-state index contributed by atoms with van der Waals surface area (Å²) >= 11 is 6.52. The standard InChI is InChI=1S/C30H34ClF2N5O3/c1-28(2,3)30(32,33)19-8-7-9-21(16-19)41-24-11-10-20(17-22(24)31)36-26-25-23(34-18-35-26)12-13-37(25)14-15-38(27(39)40)29(4,5)6/h7-13,16-18H,14-15H2,1-6H3,(H,39,40)(H,34,35,36). The van der Waals surface area contributed by atoms with E-state index in [0.717, 1.165) is 0 Å². The number of amides is 1. The van der Waals surface area contributed by atoms with Crippen LogP contribution in [0.15, 0.2) is 61.1 Å². The SMILES string of the molecule is CC(C)(C)N(CCn1ccc2ncnc(Nc3ccc(Oc4cccc(C(F)(F)C(C)(C)C)c4)c(Cl)c3)c21)C(=O)O. The molecule has 0 bridgehead atoms. The van der Waals surface area contributed by atoms with E-state index in [-0.39, 0.29) is 22.9 Å². The lowest BCUT2D eigenvalue weighted by Gasteiger charge is -2.33. The maximum absolute atomic E-state index is 14.9. The number of carbonyl (C=O) groups is 1. The second kappa shape index (κ2) is 11.2. The van der Waals surface area contributed by atoms with Gasteiger partial charge in [-0.15, -0.1) is 0 Å². The number of aromatic nitrogens is 3. The Morgan fingerprint density at radius 1 is 1.07 bits per heavy atom. The molecule has 2 N–H and O–H groups in total. The summed E-state index contributed by atoms with van der Waals surface area (Å²) in [5.74, 6) is -1.99. The molecule has 4 rings (SSSR count). The molecular weight excluding hydrogens is 552 g/mol. The van der Waals surface area contributed by atoms with E-state index in [1.165, 1.54) is 50.2 Å². The topological polar surface area (TPSA) is 92.5 Å². The summed E-state index contributed by atoms with van der Waals surface area (Å²) in [6, 6.07) is 12.7. The molecule has 11 heteroatoms. The van der Waals surface area contributed by atoms with Crippen LogP contribution in [0.4, 0.5) is 25.1 Å². The quantitative estimate of drug-likeness (QED) is 0.215. The van der Waals surface area contributed by atoms with Crippen molar-refractivity contribution in [1.29, 1.82) is 0 Å². The van der Waals surface area contributed by atoms with Crippen LogP contribution in [-0.2, 0) is 12.5 Å². The Labute approximate surface area is 242 Å². The zero-order chi connectivity index (χ0) is 30.2. The van der Waals surface area contributed by atoms with Crippen molar-refractivity contribution in [3.05, 3.63) is 71.6 Å². The second-order valence-electron chi connectivity index (χ2n) is 11.8. The minimum Gasteiger partial charge on any atom is -0.465 e. The highest BCUT2D eigenvalue weighted by Crippen LogP contribution is 2.45. The molecule has 41 heavy (non-hydrogen) atoms. The molecule has 0 unspecified atom stereocenters. The minimum atomic E-state index is -3.05. The molecular formula is C30H34ClF2N5O3. The third-order valence-corrected chi connectivity index (χ3v) is 7.01. The van der Waals surface area contributed by atoms with Gasteiger partial charge in [0, 0.05) is 41.5 Å². The van der Waals surface area contributed by atoms with Crippen molar-refractivity contribution in [3.63, 3.8) is 0 Å². The maximum atomic E-state index is 14.9. The van der Waals surface area contributed by atoms with Crippen LogP contribution < -0.4 is 10.1 Å². The third-order valence-electron chi connectivity index (χ3n) is 6.72. The molecule has 8 nitrogen and oxygen atoms in total. The van der Waals surface area contributed by atoms with Gasteiger partial charge >= 0.3 is 6.09 Å². The Balaban J connectivity index is 1.55. The number of fused-ring (bicyclic) bond motifs is 1. The van der Waals surface area contributed by atoms with Gasteiger partial charge in [-0.2, -0.15) is 0 Å². The number of benzene rings is 2. The van der Waals surface area contributed by atoms with E-state index in [2.05, 4.69) is 15.3 Å². The Bertz CT molecular complexity index is 1560. The van der Waals surface area contributed by atoms with E-state index in [0.29, 0.717) is 34.8 Å². The van der Waals surface area contributed by atoms with Crippen LogP contribution in [0.2, 0.25) is 5.02 Å². The average Bonchev–Trinajstić information content (AvgIpc) is 3.28. The summed E-state index contributed by atoms with van der Waals surface area (Å²) in [4.78, 5) is 21.9. The molecule has 2 heterocycles. The molecule has 0 fully saturated rings. The van der Waals surface area contributed by atoms with E-state index >= 15 is 0 Å². The fraction of sp³-hybridized carbons (Fsp3) is 0.367. The molecule has 0 aliphatic heterocycles. The molecule has 4 aromatic rings. The van der Waals surface area contributed by atoms with Crippen LogP contribution in [0, 0.1) is 5.41 Å². The number of hydrogen-bond donors (Lipinski definition) is 2. The highest BCUT2D eigenvalue weighted by Gasteiger charge is 2.44. The summed E-state index contributed by atoms with van der Waals surface area (Å²) in [5, 5.41) is 13.2. The first-order valence-corrected chi connectivity index (χ1v) is 13.5. The van der Waals surface area contributed by atoms with Gasteiger partial charge in [0.2, 0.25) is 0 Å². The summed E-state index contributed by atoms with van der Waals surface area (Å²) in [5.41, 5.74) is 0.0665. The molecule has 1 amide bonds. The molecule has 218 valence electrons. The number of halogens is 3. The number of carboxylic acid groups (broad SMARTS) is 1. The van der Waals surface area contributed by atoms with E-state index in [4.69, 9.17) is 16.3 Å². The van der Waals surface area contributed by atoms with Crippen molar-refractivity contribution in [2.75, 3.05) is 11.9 Å². The van der Waals surface area contributed by atoms with E-state index in [9.17, 15) is 18.7 Å². The number of ether oxygens (including phenoxy) is 1. The third kappa shape index (κ3) is 6.53. The number of rotatable bonds is 8. The maximum Gasteiger partial charge on any atom is 0.407 e. The van der Waals surface area contributed by atoms with Gasteiger partial charge in [0.25, 0.3) is 5.92 Å². The fourth-order valence-corrected chi connectivity index (χ4v) is 4.57. The Hall–Kier alpha value is -3.92. The first kappa shape index (κ1) is 30.0. The normalized spacial score (nSPS) is 12.4. The summed E-state index contributed by atoms with van der Waals surface area (Å²) in [7, 11) is 0. The van der Waals surface area contributed by atoms with Gasteiger partial charge in [0.15, 0.2) is 5.82 Å². The molecule has 0 spiro atoms. The average molecular weight is 586 g/mol. The van der Waals surface area contributed by atoms with Crippen molar-refractivity contribution in [3.8, 4) is 11.5 Å². The van der Waals surface area contributed by atoms with Crippen LogP contribution in [0.25, 0.3) is 11.0 Å². The van der Waals surface area contributed by atoms with E-state index in [1.807, 2.05) is 37.6 Å². The lowest BCUT2D eigenvalue weighted by atomic mass is 9.83. The number of nitrogens with zero attached hydrogens (tertiary/aromatic N) is 4. The molecule has 0 aliphatic rings. The van der Waals surface area contributed by atoms with Crippen LogP contribution in [-0.4, -0.2) is 42.7 Å². The zero-order valence-electron chi connectivity index (χ0n) is 23.9. The molecule has 0 atom stereocenters. The predicted molar refractivity (Wildman–Crippen MR) is 157 cm³/mol. The first-order valence-electron chi connectivity index (χ1n) is 13.1. The largest absolute Gasteiger partial charge is 0.465 e. The number of alkyl halides is 2. The molecule has 0 saturated carbocycles. The van der Waals surface area contributed by atoms with E-state index < -0.39 is 23.0 Å². The van der Waals surface area contributed by atoms with Crippen molar-refractivity contribution in [2.24, 2.45) is 5.41 Å². The van der Waals surface area contributed by atoms with Crippen molar-refractivity contribution in [1.82, 2.24) is 19.4 Å². The first-order chi connectivity index (χ1) is 19.1. The van der Waals surface area contributed by atoms with Crippen LogP contribution in [0.5, 0.6) is 11.5 Å². The highest BCUT2D eigenvalue weighted by molar-refractivity contribution is 6.32.